The lowest BCUT2D eigenvalue weighted by atomic mass is 10.1. The van der Waals surface area contributed by atoms with Crippen molar-refractivity contribution < 1.29 is 5.11 Å². The molecular formula is C12H17N3O. The van der Waals surface area contributed by atoms with Gasteiger partial charge in [0.05, 0.1) is 6.10 Å². The van der Waals surface area contributed by atoms with Crippen LogP contribution in [-0.2, 0) is 6.54 Å². The molecule has 4 heteroatoms. The Morgan fingerprint density at radius 2 is 2.12 bits per heavy atom. The van der Waals surface area contributed by atoms with Crippen LogP contribution in [0.25, 0.3) is 0 Å². The molecule has 4 N–H and O–H groups in total. The van der Waals surface area contributed by atoms with Crippen LogP contribution in [0.3, 0.4) is 0 Å². The van der Waals surface area contributed by atoms with E-state index >= 15 is 0 Å². The molecule has 4 nitrogen and oxygen atoms in total. The molecule has 1 fully saturated rings. The van der Waals surface area contributed by atoms with Crippen molar-refractivity contribution in [2.24, 2.45) is 5.73 Å². The highest BCUT2D eigenvalue weighted by Crippen LogP contribution is 2.13. The zero-order valence-corrected chi connectivity index (χ0v) is 9.19. The Morgan fingerprint density at radius 3 is 2.62 bits per heavy atom. The average Bonchev–Trinajstić information content (AvgIpc) is 2.65. The number of benzene rings is 1. The number of aliphatic hydroxyl groups is 1. The zero-order chi connectivity index (χ0) is 11.5. The van der Waals surface area contributed by atoms with Gasteiger partial charge in [0.1, 0.15) is 5.84 Å². The first-order valence-corrected chi connectivity index (χ1v) is 5.49. The monoisotopic (exact) mass is 219 g/mol. The van der Waals surface area contributed by atoms with E-state index in [9.17, 15) is 5.11 Å². The number of hydrogen-bond acceptors (Lipinski definition) is 3. The first-order chi connectivity index (χ1) is 7.65. The van der Waals surface area contributed by atoms with Gasteiger partial charge >= 0.3 is 0 Å². The molecule has 1 heterocycles. The fraction of sp³-hybridized carbons (Fsp3) is 0.417. The van der Waals surface area contributed by atoms with Gasteiger partial charge in [-0.3, -0.25) is 10.3 Å². The summed E-state index contributed by atoms with van der Waals surface area (Å²) >= 11 is 0. The third kappa shape index (κ3) is 2.59. The summed E-state index contributed by atoms with van der Waals surface area (Å²) in [5.74, 6) is 0.100. The van der Waals surface area contributed by atoms with Crippen molar-refractivity contribution in [2.75, 3.05) is 13.1 Å². The first-order valence-electron chi connectivity index (χ1n) is 5.49. The largest absolute Gasteiger partial charge is 0.392 e. The summed E-state index contributed by atoms with van der Waals surface area (Å²) in [5.41, 5.74) is 7.33. The molecule has 0 amide bonds. The minimum absolute atomic E-state index is 0.100. The van der Waals surface area contributed by atoms with Crippen LogP contribution < -0.4 is 5.73 Å². The second-order valence-electron chi connectivity index (χ2n) is 4.29. The number of β-amino-alcohol motifs (C(OH)–C–C–N with tert-alkyl or cyclic N) is 1. The van der Waals surface area contributed by atoms with Gasteiger partial charge in [-0.05, 0) is 12.0 Å². The standard InChI is InChI=1S/C12H17N3O/c13-12(14)10-3-1-9(2-4-10)7-15-6-5-11(16)8-15/h1-4,11,16H,5-8H2,(H3,13,14). The normalized spacial score (nSPS) is 21.2. The number of hydrogen-bond donors (Lipinski definition) is 3. The Bertz CT molecular complexity index is 374. The van der Waals surface area contributed by atoms with Gasteiger partial charge in [0.15, 0.2) is 0 Å². The molecule has 1 unspecified atom stereocenters. The van der Waals surface area contributed by atoms with Crippen LogP contribution >= 0.6 is 0 Å². The Labute approximate surface area is 95.2 Å². The number of amidine groups is 1. The molecule has 0 bridgehead atoms. The second kappa shape index (κ2) is 4.63. The third-order valence-corrected chi connectivity index (χ3v) is 2.92. The summed E-state index contributed by atoms with van der Waals surface area (Å²) in [6.07, 6.45) is 0.697. The summed E-state index contributed by atoms with van der Waals surface area (Å²) in [6.45, 7) is 2.57. The maximum Gasteiger partial charge on any atom is 0.122 e. The van der Waals surface area contributed by atoms with E-state index in [-0.39, 0.29) is 11.9 Å². The first kappa shape index (κ1) is 11.1. The fourth-order valence-corrected chi connectivity index (χ4v) is 2.00. The summed E-state index contributed by atoms with van der Waals surface area (Å²) in [5, 5.41) is 16.7. The minimum atomic E-state index is -0.170. The van der Waals surface area contributed by atoms with Gasteiger partial charge in [0.25, 0.3) is 0 Å². The van der Waals surface area contributed by atoms with E-state index < -0.39 is 0 Å². The van der Waals surface area contributed by atoms with Gasteiger partial charge in [-0.1, -0.05) is 24.3 Å². The van der Waals surface area contributed by atoms with Crippen molar-refractivity contribution in [1.82, 2.24) is 4.90 Å². The summed E-state index contributed by atoms with van der Waals surface area (Å²) in [7, 11) is 0. The smallest absolute Gasteiger partial charge is 0.122 e. The van der Waals surface area contributed by atoms with E-state index in [1.807, 2.05) is 24.3 Å². The molecule has 0 aromatic heterocycles. The van der Waals surface area contributed by atoms with Crippen LogP contribution in [0.4, 0.5) is 0 Å². The maximum absolute atomic E-state index is 9.41. The number of likely N-dealkylation sites (tertiary alicyclic amines) is 1. The van der Waals surface area contributed by atoms with E-state index in [0.29, 0.717) is 0 Å². The van der Waals surface area contributed by atoms with Gasteiger partial charge in [-0.25, -0.2) is 0 Å². The molecule has 86 valence electrons. The van der Waals surface area contributed by atoms with Crippen molar-refractivity contribution in [3.8, 4) is 0 Å². The van der Waals surface area contributed by atoms with E-state index in [4.69, 9.17) is 11.1 Å². The predicted molar refractivity (Wildman–Crippen MR) is 63.4 cm³/mol. The van der Waals surface area contributed by atoms with Crippen molar-refractivity contribution in [2.45, 2.75) is 19.1 Å². The molecule has 2 rings (SSSR count). The van der Waals surface area contributed by atoms with Crippen molar-refractivity contribution in [1.29, 1.82) is 5.41 Å². The molecular weight excluding hydrogens is 202 g/mol. The molecule has 1 aromatic rings. The van der Waals surface area contributed by atoms with E-state index in [0.717, 1.165) is 31.6 Å². The molecule has 0 saturated carbocycles. The van der Waals surface area contributed by atoms with Crippen LogP contribution in [0, 0.1) is 5.41 Å². The highest BCUT2D eigenvalue weighted by Gasteiger charge is 2.19. The van der Waals surface area contributed by atoms with Crippen molar-refractivity contribution in [3.05, 3.63) is 35.4 Å². The number of nitrogens with one attached hydrogen (secondary N) is 1. The lowest BCUT2D eigenvalue weighted by Gasteiger charge is -2.14. The third-order valence-electron chi connectivity index (χ3n) is 2.92. The van der Waals surface area contributed by atoms with Crippen LogP contribution in [-0.4, -0.2) is 35.0 Å². The number of nitrogens with zero attached hydrogens (tertiary/aromatic N) is 1. The average molecular weight is 219 g/mol. The van der Waals surface area contributed by atoms with Crippen molar-refractivity contribution >= 4 is 5.84 Å². The van der Waals surface area contributed by atoms with Crippen LogP contribution in [0.5, 0.6) is 0 Å². The Balaban J connectivity index is 1.97. The highest BCUT2D eigenvalue weighted by atomic mass is 16.3. The number of nitrogen functional groups attached to an aromatic ring is 1. The molecule has 1 saturated heterocycles. The number of aliphatic hydroxyl groups excluding tert-OH is 1. The molecule has 1 aromatic carbocycles. The second-order valence-corrected chi connectivity index (χ2v) is 4.29. The van der Waals surface area contributed by atoms with Gasteiger partial charge in [0, 0.05) is 25.2 Å². The summed E-state index contributed by atoms with van der Waals surface area (Å²) in [6, 6.07) is 7.71. The Kier molecular flexibility index (Phi) is 3.22. The zero-order valence-electron chi connectivity index (χ0n) is 9.19. The van der Waals surface area contributed by atoms with Gasteiger partial charge in [0.2, 0.25) is 0 Å². The van der Waals surface area contributed by atoms with Crippen LogP contribution in [0.2, 0.25) is 0 Å². The van der Waals surface area contributed by atoms with E-state index in [1.165, 1.54) is 5.56 Å². The molecule has 16 heavy (non-hydrogen) atoms. The van der Waals surface area contributed by atoms with Gasteiger partial charge < -0.3 is 10.8 Å². The van der Waals surface area contributed by atoms with E-state index in [1.54, 1.807) is 0 Å². The minimum Gasteiger partial charge on any atom is -0.392 e. The molecule has 1 atom stereocenters. The quantitative estimate of drug-likeness (QED) is 0.513. The number of rotatable bonds is 3. The summed E-state index contributed by atoms with van der Waals surface area (Å²) in [4.78, 5) is 2.23. The predicted octanol–water partition coefficient (Wildman–Crippen LogP) is 0.537. The Morgan fingerprint density at radius 1 is 1.44 bits per heavy atom. The molecule has 0 aliphatic carbocycles. The van der Waals surface area contributed by atoms with E-state index in [2.05, 4.69) is 4.90 Å². The van der Waals surface area contributed by atoms with Gasteiger partial charge in [-0.2, -0.15) is 0 Å². The molecule has 0 spiro atoms. The van der Waals surface area contributed by atoms with Crippen LogP contribution in [0.15, 0.2) is 24.3 Å². The number of nitrogens with two attached hydrogens (primary N) is 1. The molecule has 1 aliphatic heterocycles. The Hall–Kier alpha value is -1.39. The topological polar surface area (TPSA) is 73.3 Å². The van der Waals surface area contributed by atoms with Crippen molar-refractivity contribution in [3.63, 3.8) is 0 Å². The SMILES string of the molecule is N=C(N)c1ccc(CN2CCC(O)C2)cc1. The van der Waals surface area contributed by atoms with Gasteiger partial charge in [-0.15, -0.1) is 0 Å². The molecule has 1 aliphatic rings. The lowest BCUT2D eigenvalue weighted by molar-refractivity contribution is 0.175. The summed E-state index contributed by atoms with van der Waals surface area (Å²) < 4.78 is 0. The van der Waals surface area contributed by atoms with Crippen LogP contribution in [0.1, 0.15) is 17.5 Å². The lowest BCUT2D eigenvalue weighted by Crippen LogP contribution is -2.21. The highest BCUT2D eigenvalue weighted by molar-refractivity contribution is 5.94. The maximum atomic E-state index is 9.41. The molecule has 0 radical (unpaired) electrons. The fourth-order valence-electron chi connectivity index (χ4n) is 2.00.